The van der Waals surface area contributed by atoms with E-state index < -0.39 is 5.97 Å². The first kappa shape index (κ1) is 12.9. The largest absolute Gasteiger partial charge is 0.477 e. The van der Waals surface area contributed by atoms with Crippen LogP contribution in [0.2, 0.25) is 0 Å². The van der Waals surface area contributed by atoms with Crippen molar-refractivity contribution in [2.24, 2.45) is 0 Å². The highest BCUT2D eigenvalue weighted by atomic mass is 16.4. The fourth-order valence-electron chi connectivity index (χ4n) is 2.44. The molecule has 0 radical (unpaired) electrons. The van der Waals surface area contributed by atoms with E-state index in [2.05, 4.69) is 16.9 Å². The van der Waals surface area contributed by atoms with Crippen molar-refractivity contribution in [3.63, 3.8) is 0 Å². The Hall–Kier alpha value is -1.52. The molecule has 0 atom stereocenters. The van der Waals surface area contributed by atoms with Crippen LogP contribution in [-0.4, -0.2) is 33.9 Å². The number of aryl methyl sites for hydroxylation is 1. The molecule has 2 rings (SSSR count). The Bertz CT molecular complexity index is 408. The topological polar surface area (TPSA) is 58.4 Å². The molecule has 1 aliphatic heterocycles. The van der Waals surface area contributed by atoms with Gasteiger partial charge in [-0.2, -0.15) is 5.10 Å². The lowest BCUT2D eigenvalue weighted by molar-refractivity contribution is 0.0697. The average molecular weight is 251 g/mol. The van der Waals surface area contributed by atoms with Crippen molar-refractivity contribution < 1.29 is 9.90 Å². The van der Waals surface area contributed by atoms with Crippen LogP contribution < -0.4 is 4.90 Å². The number of carboxylic acid groups (broad SMARTS) is 1. The van der Waals surface area contributed by atoms with Gasteiger partial charge in [0, 0.05) is 19.6 Å². The molecule has 5 heteroatoms. The second-order valence-corrected chi connectivity index (χ2v) is 4.81. The van der Waals surface area contributed by atoms with Crippen molar-refractivity contribution in [3.8, 4) is 0 Å². The number of unbranched alkanes of at least 4 members (excludes halogenated alkanes) is 1. The Balaban J connectivity index is 2.26. The van der Waals surface area contributed by atoms with Crippen LogP contribution in [0.25, 0.3) is 0 Å². The normalized spacial score (nSPS) is 15.9. The van der Waals surface area contributed by atoms with E-state index in [-0.39, 0.29) is 0 Å². The molecule has 1 fully saturated rings. The van der Waals surface area contributed by atoms with E-state index in [9.17, 15) is 9.90 Å². The number of rotatable bonds is 5. The van der Waals surface area contributed by atoms with Crippen molar-refractivity contribution in [2.75, 3.05) is 18.0 Å². The minimum absolute atomic E-state index is 0.341. The summed E-state index contributed by atoms with van der Waals surface area (Å²) >= 11 is 0. The Kier molecular flexibility index (Phi) is 4.23. The van der Waals surface area contributed by atoms with E-state index in [0.29, 0.717) is 5.56 Å². The Morgan fingerprint density at radius 1 is 1.39 bits per heavy atom. The van der Waals surface area contributed by atoms with Gasteiger partial charge in [-0.05, 0) is 25.7 Å². The van der Waals surface area contributed by atoms with Gasteiger partial charge in [-0.3, -0.25) is 0 Å². The molecule has 0 aromatic carbocycles. The molecule has 0 amide bonds. The van der Waals surface area contributed by atoms with Crippen LogP contribution in [0.3, 0.4) is 0 Å². The van der Waals surface area contributed by atoms with Gasteiger partial charge in [-0.1, -0.05) is 13.3 Å². The molecule has 1 saturated heterocycles. The maximum absolute atomic E-state index is 11.3. The van der Waals surface area contributed by atoms with Crippen LogP contribution in [-0.2, 0) is 6.54 Å². The molecular weight excluding hydrogens is 230 g/mol. The maximum Gasteiger partial charge on any atom is 0.341 e. The smallest absolute Gasteiger partial charge is 0.341 e. The molecule has 1 aromatic heterocycles. The fraction of sp³-hybridized carbons (Fsp3) is 0.692. The van der Waals surface area contributed by atoms with Crippen molar-refractivity contribution in [1.82, 2.24) is 9.78 Å². The van der Waals surface area contributed by atoms with Gasteiger partial charge in [-0.25, -0.2) is 9.48 Å². The number of aromatic carboxylic acids is 1. The summed E-state index contributed by atoms with van der Waals surface area (Å²) in [5.74, 6) is -0.0750. The molecular formula is C13H21N3O2. The highest BCUT2D eigenvalue weighted by Crippen LogP contribution is 2.24. The fourth-order valence-corrected chi connectivity index (χ4v) is 2.44. The second-order valence-electron chi connectivity index (χ2n) is 4.81. The summed E-state index contributed by atoms with van der Waals surface area (Å²) in [6, 6.07) is 0. The number of anilines is 1. The maximum atomic E-state index is 11.3. The van der Waals surface area contributed by atoms with Crippen LogP contribution >= 0.6 is 0 Å². The highest BCUT2D eigenvalue weighted by Gasteiger charge is 2.23. The van der Waals surface area contributed by atoms with Gasteiger partial charge in [0.25, 0.3) is 0 Å². The summed E-state index contributed by atoms with van der Waals surface area (Å²) in [7, 11) is 0. The average Bonchev–Trinajstić information content (AvgIpc) is 2.81. The molecule has 0 saturated carbocycles. The third-order valence-corrected chi connectivity index (χ3v) is 3.42. The van der Waals surface area contributed by atoms with Gasteiger partial charge >= 0.3 is 5.97 Å². The predicted octanol–water partition coefficient (Wildman–Crippen LogP) is 2.37. The monoisotopic (exact) mass is 251 g/mol. The van der Waals surface area contributed by atoms with Crippen molar-refractivity contribution in [1.29, 1.82) is 0 Å². The zero-order chi connectivity index (χ0) is 13.0. The molecule has 0 spiro atoms. The first-order valence-corrected chi connectivity index (χ1v) is 6.78. The van der Waals surface area contributed by atoms with Crippen LogP contribution in [0.1, 0.15) is 49.4 Å². The van der Waals surface area contributed by atoms with Gasteiger partial charge in [-0.15, -0.1) is 0 Å². The van der Waals surface area contributed by atoms with E-state index in [4.69, 9.17) is 0 Å². The molecule has 0 aliphatic carbocycles. The summed E-state index contributed by atoms with van der Waals surface area (Å²) in [4.78, 5) is 13.4. The number of hydrogen-bond acceptors (Lipinski definition) is 3. The van der Waals surface area contributed by atoms with Gasteiger partial charge in [0.15, 0.2) is 0 Å². The van der Waals surface area contributed by atoms with Gasteiger partial charge in [0.2, 0.25) is 0 Å². The molecule has 1 aromatic rings. The Morgan fingerprint density at radius 3 is 2.72 bits per heavy atom. The van der Waals surface area contributed by atoms with Gasteiger partial charge in [0.05, 0.1) is 6.20 Å². The van der Waals surface area contributed by atoms with E-state index >= 15 is 0 Å². The zero-order valence-electron chi connectivity index (χ0n) is 10.9. The van der Waals surface area contributed by atoms with Crippen LogP contribution in [0, 0.1) is 0 Å². The first-order chi connectivity index (χ1) is 8.74. The number of nitrogens with zero attached hydrogens (tertiary/aromatic N) is 3. The third-order valence-electron chi connectivity index (χ3n) is 3.42. The van der Waals surface area contributed by atoms with Crippen LogP contribution in [0.5, 0.6) is 0 Å². The summed E-state index contributed by atoms with van der Waals surface area (Å²) in [5.41, 5.74) is 0.341. The summed E-state index contributed by atoms with van der Waals surface area (Å²) < 4.78 is 1.86. The Labute approximate surface area is 107 Å². The quantitative estimate of drug-likeness (QED) is 0.872. The predicted molar refractivity (Wildman–Crippen MR) is 70.2 cm³/mol. The van der Waals surface area contributed by atoms with Crippen LogP contribution in [0.15, 0.2) is 6.20 Å². The SMILES string of the molecule is CCCCn1ncc(C(=O)O)c1N1CCCCC1. The molecule has 2 heterocycles. The molecule has 0 unspecified atom stereocenters. The van der Waals surface area contributed by atoms with E-state index in [0.717, 1.165) is 51.1 Å². The Morgan fingerprint density at radius 2 is 2.11 bits per heavy atom. The number of piperidine rings is 1. The molecule has 1 aliphatic rings. The number of aromatic nitrogens is 2. The summed E-state index contributed by atoms with van der Waals surface area (Å²) in [6.07, 6.45) is 7.11. The van der Waals surface area contributed by atoms with E-state index in [1.165, 1.54) is 12.6 Å². The lowest BCUT2D eigenvalue weighted by Crippen LogP contribution is -2.32. The lowest BCUT2D eigenvalue weighted by atomic mass is 10.1. The molecule has 5 nitrogen and oxygen atoms in total. The highest BCUT2D eigenvalue weighted by molar-refractivity contribution is 5.93. The number of hydrogen-bond donors (Lipinski definition) is 1. The zero-order valence-corrected chi connectivity index (χ0v) is 10.9. The minimum Gasteiger partial charge on any atom is -0.477 e. The van der Waals surface area contributed by atoms with E-state index in [1.54, 1.807) is 0 Å². The second kappa shape index (κ2) is 5.89. The molecule has 1 N–H and O–H groups in total. The first-order valence-electron chi connectivity index (χ1n) is 6.78. The van der Waals surface area contributed by atoms with Gasteiger partial charge < -0.3 is 10.0 Å². The third kappa shape index (κ3) is 2.66. The number of carboxylic acids is 1. The van der Waals surface area contributed by atoms with Crippen molar-refractivity contribution in [2.45, 2.75) is 45.6 Å². The van der Waals surface area contributed by atoms with Crippen molar-refractivity contribution >= 4 is 11.8 Å². The molecule has 18 heavy (non-hydrogen) atoms. The molecule has 0 bridgehead atoms. The standard InChI is InChI=1S/C13H21N3O2/c1-2-3-9-16-12(11(10-14-16)13(17)18)15-7-5-4-6-8-15/h10H,2-9H2,1H3,(H,17,18). The minimum atomic E-state index is -0.877. The van der Waals surface area contributed by atoms with Crippen LogP contribution in [0.4, 0.5) is 5.82 Å². The van der Waals surface area contributed by atoms with E-state index in [1.807, 2.05) is 4.68 Å². The summed E-state index contributed by atoms with van der Waals surface area (Å²) in [6.45, 7) is 4.81. The summed E-state index contributed by atoms with van der Waals surface area (Å²) in [5, 5.41) is 13.5. The van der Waals surface area contributed by atoms with Gasteiger partial charge in [0.1, 0.15) is 11.4 Å². The number of carbonyl (C=O) groups is 1. The molecule has 100 valence electrons. The lowest BCUT2D eigenvalue weighted by Gasteiger charge is -2.29. The van der Waals surface area contributed by atoms with Crippen molar-refractivity contribution in [3.05, 3.63) is 11.8 Å².